The van der Waals surface area contributed by atoms with Gasteiger partial charge >= 0.3 is 0 Å². The first-order valence-corrected chi connectivity index (χ1v) is 4.85. The lowest BCUT2D eigenvalue weighted by Crippen LogP contribution is -2.29. The molecule has 1 N–H and O–H groups in total. The van der Waals surface area contributed by atoms with Crippen LogP contribution >= 0.6 is 0 Å². The minimum absolute atomic E-state index is 0.375. The third kappa shape index (κ3) is 2.82. The second kappa shape index (κ2) is 5.12. The predicted octanol–water partition coefficient (Wildman–Crippen LogP) is 0.853. The highest BCUT2D eigenvalue weighted by Gasteiger charge is 2.05. The first-order chi connectivity index (χ1) is 6.65. The van der Waals surface area contributed by atoms with Crippen molar-refractivity contribution in [3.63, 3.8) is 0 Å². The summed E-state index contributed by atoms with van der Waals surface area (Å²) in [6, 6.07) is 0.375. The lowest BCUT2D eigenvalue weighted by atomic mass is 10.2. The molecular weight excluding hydrogens is 178 g/mol. The van der Waals surface area contributed by atoms with E-state index in [4.69, 9.17) is 4.74 Å². The van der Waals surface area contributed by atoms with Gasteiger partial charge in [-0.1, -0.05) is 0 Å². The van der Waals surface area contributed by atoms with Gasteiger partial charge in [-0.3, -0.25) is 4.68 Å². The molecule has 0 aliphatic rings. The van der Waals surface area contributed by atoms with Crippen LogP contribution < -0.4 is 5.32 Å². The summed E-state index contributed by atoms with van der Waals surface area (Å²) in [7, 11) is 3.67. The van der Waals surface area contributed by atoms with E-state index in [1.807, 2.05) is 17.9 Å². The molecule has 1 unspecified atom stereocenters. The molecule has 4 nitrogen and oxygen atoms in total. The maximum atomic E-state index is 5.04. The molecule has 0 fully saturated rings. The molecule has 0 bridgehead atoms. The van der Waals surface area contributed by atoms with E-state index in [1.54, 1.807) is 7.11 Å². The molecule has 0 aliphatic heterocycles. The summed E-state index contributed by atoms with van der Waals surface area (Å²) in [6.45, 7) is 5.77. The van der Waals surface area contributed by atoms with Crippen LogP contribution in [0, 0.1) is 6.92 Å². The van der Waals surface area contributed by atoms with E-state index in [-0.39, 0.29) is 0 Å². The van der Waals surface area contributed by atoms with Gasteiger partial charge in [0.05, 0.1) is 12.8 Å². The number of rotatable bonds is 5. The van der Waals surface area contributed by atoms with Crippen molar-refractivity contribution in [3.8, 4) is 0 Å². The van der Waals surface area contributed by atoms with Gasteiger partial charge in [-0.2, -0.15) is 5.10 Å². The number of ether oxygens (including phenoxy) is 1. The van der Waals surface area contributed by atoms with E-state index in [0.29, 0.717) is 6.04 Å². The molecule has 0 radical (unpaired) electrons. The number of aryl methyl sites for hydroxylation is 1. The fraction of sp³-hybridized carbons (Fsp3) is 0.700. The molecule has 1 heterocycles. The van der Waals surface area contributed by atoms with Gasteiger partial charge in [-0.05, 0) is 13.8 Å². The van der Waals surface area contributed by atoms with E-state index in [2.05, 4.69) is 24.3 Å². The molecule has 4 heteroatoms. The Labute approximate surface area is 85.3 Å². The van der Waals surface area contributed by atoms with Crippen molar-refractivity contribution >= 4 is 0 Å². The first-order valence-electron chi connectivity index (χ1n) is 4.85. The van der Waals surface area contributed by atoms with E-state index >= 15 is 0 Å². The quantitative estimate of drug-likeness (QED) is 0.760. The summed E-state index contributed by atoms with van der Waals surface area (Å²) in [6.07, 6.45) is 1.90. The average molecular weight is 197 g/mol. The smallest absolute Gasteiger partial charge is 0.0613 e. The van der Waals surface area contributed by atoms with Crippen LogP contribution in [0.5, 0.6) is 0 Å². The number of aromatic nitrogens is 2. The standard InChI is InChI=1S/C10H19N3O/c1-8(7-14-4)11-5-10-6-12-13(3)9(10)2/h6,8,11H,5,7H2,1-4H3. The van der Waals surface area contributed by atoms with Crippen molar-refractivity contribution in [2.24, 2.45) is 7.05 Å². The van der Waals surface area contributed by atoms with Gasteiger partial charge in [0.1, 0.15) is 0 Å². The summed E-state index contributed by atoms with van der Waals surface area (Å²) in [5, 5.41) is 7.56. The zero-order valence-electron chi connectivity index (χ0n) is 9.37. The van der Waals surface area contributed by atoms with Gasteiger partial charge < -0.3 is 10.1 Å². The van der Waals surface area contributed by atoms with Gasteiger partial charge in [-0.25, -0.2) is 0 Å². The molecule has 0 aromatic carbocycles. The van der Waals surface area contributed by atoms with Crippen LogP contribution in [0.25, 0.3) is 0 Å². The minimum Gasteiger partial charge on any atom is -0.383 e. The monoisotopic (exact) mass is 197 g/mol. The normalized spacial score (nSPS) is 13.1. The zero-order valence-corrected chi connectivity index (χ0v) is 9.37. The highest BCUT2D eigenvalue weighted by Crippen LogP contribution is 2.04. The Bertz CT molecular complexity index is 283. The van der Waals surface area contributed by atoms with Crippen molar-refractivity contribution in [2.45, 2.75) is 26.4 Å². The fourth-order valence-electron chi connectivity index (χ4n) is 1.31. The lowest BCUT2D eigenvalue weighted by molar-refractivity contribution is 0.171. The van der Waals surface area contributed by atoms with Crippen molar-refractivity contribution in [1.82, 2.24) is 15.1 Å². The maximum Gasteiger partial charge on any atom is 0.0613 e. The highest BCUT2D eigenvalue weighted by atomic mass is 16.5. The largest absolute Gasteiger partial charge is 0.383 e. The third-order valence-corrected chi connectivity index (χ3v) is 2.39. The second-order valence-corrected chi connectivity index (χ2v) is 3.62. The summed E-state index contributed by atoms with van der Waals surface area (Å²) >= 11 is 0. The Kier molecular flexibility index (Phi) is 4.10. The molecule has 0 saturated heterocycles. The number of hydrogen-bond acceptors (Lipinski definition) is 3. The van der Waals surface area contributed by atoms with E-state index in [1.165, 1.54) is 11.3 Å². The fourth-order valence-corrected chi connectivity index (χ4v) is 1.31. The van der Waals surface area contributed by atoms with Crippen molar-refractivity contribution in [3.05, 3.63) is 17.5 Å². The molecule has 14 heavy (non-hydrogen) atoms. The molecule has 0 spiro atoms. The summed E-state index contributed by atoms with van der Waals surface area (Å²) in [5.41, 5.74) is 2.46. The topological polar surface area (TPSA) is 39.1 Å². The summed E-state index contributed by atoms with van der Waals surface area (Å²) in [5.74, 6) is 0. The van der Waals surface area contributed by atoms with Crippen LogP contribution in [0.2, 0.25) is 0 Å². The van der Waals surface area contributed by atoms with Gasteiger partial charge in [0, 0.05) is 38.0 Å². The number of methoxy groups -OCH3 is 1. The Morgan fingerprint density at radius 3 is 2.86 bits per heavy atom. The van der Waals surface area contributed by atoms with E-state index < -0.39 is 0 Å². The van der Waals surface area contributed by atoms with Crippen LogP contribution in [-0.4, -0.2) is 29.5 Å². The zero-order chi connectivity index (χ0) is 10.6. The first kappa shape index (κ1) is 11.2. The predicted molar refractivity (Wildman–Crippen MR) is 56.1 cm³/mol. The number of hydrogen-bond donors (Lipinski definition) is 1. The van der Waals surface area contributed by atoms with Crippen LogP contribution in [0.4, 0.5) is 0 Å². The van der Waals surface area contributed by atoms with Crippen LogP contribution in [-0.2, 0) is 18.3 Å². The van der Waals surface area contributed by atoms with E-state index in [0.717, 1.165) is 13.2 Å². The van der Waals surface area contributed by atoms with Gasteiger partial charge in [0.25, 0.3) is 0 Å². The Morgan fingerprint density at radius 1 is 1.64 bits per heavy atom. The average Bonchev–Trinajstić information content (AvgIpc) is 2.46. The molecule has 0 amide bonds. The van der Waals surface area contributed by atoms with E-state index in [9.17, 15) is 0 Å². The Balaban J connectivity index is 2.41. The van der Waals surface area contributed by atoms with Crippen LogP contribution in [0.1, 0.15) is 18.2 Å². The number of nitrogens with zero attached hydrogens (tertiary/aromatic N) is 2. The van der Waals surface area contributed by atoms with Gasteiger partial charge in [-0.15, -0.1) is 0 Å². The minimum atomic E-state index is 0.375. The molecule has 0 saturated carbocycles. The van der Waals surface area contributed by atoms with Gasteiger partial charge in [0.2, 0.25) is 0 Å². The summed E-state index contributed by atoms with van der Waals surface area (Å²) < 4.78 is 6.93. The summed E-state index contributed by atoms with van der Waals surface area (Å²) in [4.78, 5) is 0. The third-order valence-electron chi connectivity index (χ3n) is 2.39. The molecule has 1 atom stereocenters. The number of nitrogens with one attached hydrogen (secondary N) is 1. The SMILES string of the molecule is COCC(C)NCc1cnn(C)c1C. The van der Waals surface area contributed by atoms with Crippen molar-refractivity contribution in [2.75, 3.05) is 13.7 Å². The lowest BCUT2D eigenvalue weighted by Gasteiger charge is -2.11. The van der Waals surface area contributed by atoms with Crippen LogP contribution in [0.3, 0.4) is 0 Å². The molecule has 0 aliphatic carbocycles. The Hall–Kier alpha value is -0.870. The van der Waals surface area contributed by atoms with Crippen molar-refractivity contribution in [1.29, 1.82) is 0 Å². The molecule has 1 rings (SSSR count). The molecule has 1 aromatic rings. The van der Waals surface area contributed by atoms with Crippen LogP contribution in [0.15, 0.2) is 6.20 Å². The maximum absolute atomic E-state index is 5.04. The second-order valence-electron chi connectivity index (χ2n) is 3.62. The van der Waals surface area contributed by atoms with Crippen molar-refractivity contribution < 1.29 is 4.74 Å². The molecule has 1 aromatic heterocycles. The molecular formula is C10H19N3O. The highest BCUT2D eigenvalue weighted by molar-refractivity contribution is 5.15. The molecule has 80 valence electrons. The van der Waals surface area contributed by atoms with Gasteiger partial charge in [0.15, 0.2) is 0 Å². The Morgan fingerprint density at radius 2 is 2.36 bits per heavy atom.